The molecule has 0 aliphatic heterocycles. The van der Waals surface area contributed by atoms with Gasteiger partial charge < -0.3 is 5.73 Å². The monoisotopic (exact) mass is 334 g/mol. The summed E-state index contributed by atoms with van der Waals surface area (Å²) in [4.78, 5) is 11.7. The fourth-order valence-electron chi connectivity index (χ4n) is 1.69. The number of hydrogen-bond donors (Lipinski definition) is 3. The molecule has 1 aromatic carbocycles. The van der Waals surface area contributed by atoms with E-state index in [4.69, 9.17) is 11.1 Å². The van der Waals surface area contributed by atoms with Gasteiger partial charge in [-0.15, -0.1) is 12.4 Å². The highest BCUT2D eigenvalue weighted by atomic mass is 35.5. The highest BCUT2D eigenvalue weighted by molar-refractivity contribution is 7.89. The Labute approximate surface area is 130 Å². The van der Waals surface area contributed by atoms with Gasteiger partial charge in [0, 0.05) is 18.7 Å². The highest BCUT2D eigenvalue weighted by Gasteiger charge is 2.21. The minimum Gasteiger partial charge on any atom is -0.370 e. The third-order valence-electron chi connectivity index (χ3n) is 2.71. The maximum atomic E-state index is 12.2. The Morgan fingerprint density at radius 1 is 1.24 bits per heavy atom. The van der Waals surface area contributed by atoms with Crippen molar-refractivity contribution >= 4 is 34.3 Å². The zero-order valence-electron chi connectivity index (χ0n) is 11.8. The number of benzene rings is 1. The number of rotatable bonds is 5. The normalized spacial score (nSPS) is 10.8. The summed E-state index contributed by atoms with van der Waals surface area (Å²) in [5, 5.41) is 9.09. The number of carbonyl (C=O) groups is 1. The number of guanidine groups is 1. The third-order valence-corrected chi connectivity index (χ3v) is 4.77. The second kappa shape index (κ2) is 7.96. The third kappa shape index (κ3) is 4.69. The van der Waals surface area contributed by atoms with Gasteiger partial charge in [-0.2, -0.15) is 4.31 Å². The standard InChI is InChI=1S/C12H18N4O3S.ClH/c1-3-16(4-2)20(18,19)10-7-5-9(6-8-10)11(17)15-12(13)14;/h5-8H,3-4H2,1-2H3,(H4,13,14,15,17);1H. The van der Waals surface area contributed by atoms with Gasteiger partial charge in [0.1, 0.15) is 0 Å². The molecule has 7 nitrogen and oxygen atoms in total. The molecule has 1 rings (SSSR count). The van der Waals surface area contributed by atoms with Crippen LogP contribution in [-0.2, 0) is 10.0 Å². The number of nitrogens with one attached hydrogen (secondary N) is 2. The molecule has 1 aromatic rings. The number of carbonyl (C=O) groups excluding carboxylic acids is 1. The van der Waals surface area contributed by atoms with Crippen molar-refractivity contribution in [1.29, 1.82) is 5.41 Å². The van der Waals surface area contributed by atoms with Crippen LogP contribution < -0.4 is 11.1 Å². The predicted molar refractivity (Wildman–Crippen MR) is 83.2 cm³/mol. The van der Waals surface area contributed by atoms with Crippen LogP contribution in [0.25, 0.3) is 0 Å². The topological polar surface area (TPSA) is 116 Å². The van der Waals surface area contributed by atoms with E-state index in [1.807, 2.05) is 0 Å². The first-order chi connectivity index (χ1) is 9.32. The van der Waals surface area contributed by atoms with Crippen molar-refractivity contribution in [1.82, 2.24) is 9.62 Å². The summed E-state index contributed by atoms with van der Waals surface area (Å²) in [7, 11) is -3.53. The molecule has 0 fully saturated rings. The zero-order valence-corrected chi connectivity index (χ0v) is 13.4. The van der Waals surface area contributed by atoms with Crippen LogP contribution in [0.3, 0.4) is 0 Å². The first-order valence-corrected chi connectivity index (χ1v) is 7.52. The summed E-state index contributed by atoms with van der Waals surface area (Å²) in [6.07, 6.45) is 0. The molecule has 21 heavy (non-hydrogen) atoms. The number of nitrogens with zero attached hydrogens (tertiary/aromatic N) is 1. The number of hydrogen-bond acceptors (Lipinski definition) is 4. The lowest BCUT2D eigenvalue weighted by atomic mass is 10.2. The van der Waals surface area contributed by atoms with Crippen molar-refractivity contribution in [3.8, 4) is 0 Å². The molecule has 118 valence electrons. The van der Waals surface area contributed by atoms with Crippen molar-refractivity contribution in [2.45, 2.75) is 18.7 Å². The fourth-order valence-corrected chi connectivity index (χ4v) is 3.14. The van der Waals surface area contributed by atoms with Crippen molar-refractivity contribution in [2.75, 3.05) is 13.1 Å². The molecule has 9 heteroatoms. The van der Waals surface area contributed by atoms with Crippen LogP contribution in [0, 0.1) is 5.41 Å². The number of halogens is 1. The largest absolute Gasteiger partial charge is 0.370 e. The van der Waals surface area contributed by atoms with Crippen molar-refractivity contribution in [2.24, 2.45) is 5.73 Å². The molecule has 0 aliphatic carbocycles. The van der Waals surface area contributed by atoms with Crippen molar-refractivity contribution in [3.63, 3.8) is 0 Å². The van der Waals surface area contributed by atoms with Crippen LogP contribution in [-0.4, -0.2) is 37.7 Å². The van der Waals surface area contributed by atoms with Gasteiger partial charge in [-0.05, 0) is 24.3 Å². The summed E-state index contributed by atoms with van der Waals surface area (Å²) in [5.74, 6) is -1.01. The molecule has 0 saturated carbocycles. The van der Waals surface area contributed by atoms with Gasteiger partial charge in [-0.3, -0.25) is 15.5 Å². The first kappa shape index (κ1) is 19.4. The Morgan fingerprint density at radius 2 is 1.71 bits per heavy atom. The molecule has 0 unspecified atom stereocenters. The van der Waals surface area contributed by atoms with E-state index in [1.54, 1.807) is 13.8 Å². The van der Waals surface area contributed by atoms with Crippen molar-refractivity contribution < 1.29 is 13.2 Å². The maximum absolute atomic E-state index is 12.2. The molecule has 0 heterocycles. The predicted octanol–water partition coefficient (Wildman–Crippen LogP) is 0.762. The molecule has 0 aliphatic rings. The Kier molecular flexibility index (Phi) is 7.34. The molecule has 0 aromatic heterocycles. The van der Waals surface area contributed by atoms with Crippen LogP contribution in [0.5, 0.6) is 0 Å². The van der Waals surface area contributed by atoms with E-state index >= 15 is 0 Å². The zero-order chi connectivity index (χ0) is 15.3. The second-order valence-electron chi connectivity index (χ2n) is 3.98. The lowest BCUT2D eigenvalue weighted by molar-refractivity contribution is 0.0976. The average molecular weight is 335 g/mol. The fraction of sp³-hybridized carbons (Fsp3) is 0.333. The minimum atomic E-state index is -3.53. The smallest absolute Gasteiger partial charge is 0.257 e. The van der Waals surface area contributed by atoms with E-state index < -0.39 is 21.9 Å². The van der Waals surface area contributed by atoms with Gasteiger partial charge in [0.15, 0.2) is 5.96 Å². The Bertz CT molecular complexity index is 597. The molecule has 4 N–H and O–H groups in total. The van der Waals surface area contributed by atoms with Crippen LogP contribution in [0.2, 0.25) is 0 Å². The van der Waals surface area contributed by atoms with Gasteiger partial charge in [0.05, 0.1) is 4.90 Å². The Morgan fingerprint density at radius 3 is 2.10 bits per heavy atom. The lowest BCUT2D eigenvalue weighted by Crippen LogP contribution is -2.35. The van der Waals surface area contributed by atoms with Crippen LogP contribution in [0.4, 0.5) is 0 Å². The van der Waals surface area contributed by atoms with Gasteiger partial charge in [-0.25, -0.2) is 8.42 Å². The first-order valence-electron chi connectivity index (χ1n) is 6.08. The molecular formula is C12H19ClN4O3S. The van der Waals surface area contributed by atoms with E-state index in [2.05, 4.69) is 5.32 Å². The molecule has 0 atom stereocenters. The van der Waals surface area contributed by atoms with Gasteiger partial charge in [-0.1, -0.05) is 13.8 Å². The van der Waals surface area contributed by atoms with E-state index in [0.29, 0.717) is 13.1 Å². The summed E-state index contributed by atoms with van der Waals surface area (Å²) >= 11 is 0. The van der Waals surface area contributed by atoms with E-state index in [1.165, 1.54) is 28.6 Å². The van der Waals surface area contributed by atoms with Crippen LogP contribution >= 0.6 is 12.4 Å². The molecule has 0 bridgehead atoms. The summed E-state index contributed by atoms with van der Waals surface area (Å²) in [6, 6.07) is 5.49. The van der Waals surface area contributed by atoms with E-state index in [9.17, 15) is 13.2 Å². The second-order valence-corrected chi connectivity index (χ2v) is 5.92. The van der Waals surface area contributed by atoms with Crippen molar-refractivity contribution in [3.05, 3.63) is 29.8 Å². The molecule has 0 spiro atoms. The summed E-state index contributed by atoms with van der Waals surface area (Å²) < 4.78 is 25.8. The minimum absolute atomic E-state index is 0. The highest BCUT2D eigenvalue weighted by Crippen LogP contribution is 2.16. The van der Waals surface area contributed by atoms with Crippen LogP contribution in [0.15, 0.2) is 29.2 Å². The SMILES string of the molecule is CCN(CC)S(=O)(=O)c1ccc(C(=O)NC(=N)N)cc1.Cl. The molecule has 0 radical (unpaired) electrons. The van der Waals surface area contributed by atoms with Gasteiger partial charge in [0.25, 0.3) is 5.91 Å². The lowest BCUT2D eigenvalue weighted by Gasteiger charge is -2.18. The van der Waals surface area contributed by atoms with Crippen LogP contribution in [0.1, 0.15) is 24.2 Å². The van der Waals surface area contributed by atoms with E-state index in [-0.39, 0.29) is 22.9 Å². The Hall–Kier alpha value is -1.64. The van der Waals surface area contributed by atoms with E-state index in [0.717, 1.165) is 0 Å². The maximum Gasteiger partial charge on any atom is 0.257 e. The quantitative estimate of drug-likeness (QED) is 0.544. The number of nitrogens with two attached hydrogens (primary N) is 1. The molecular weight excluding hydrogens is 316 g/mol. The number of amides is 1. The summed E-state index contributed by atoms with van der Waals surface area (Å²) in [5.41, 5.74) is 5.29. The molecule has 1 amide bonds. The molecule has 0 saturated heterocycles. The van der Waals surface area contributed by atoms with Gasteiger partial charge >= 0.3 is 0 Å². The van der Waals surface area contributed by atoms with Gasteiger partial charge in [0.2, 0.25) is 10.0 Å². The summed E-state index contributed by atoms with van der Waals surface area (Å²) in [6.45, 7) is 4.28. The Balaban J connectivity index is 0.00000400. The number of sulfonamides is 1. The average Bonchev–Trinajstić information content (AvgIpc) is 2.39.